The number of aryl methyl sites for hydroxylation is 1. The molecule has 0 radical (unpaired) electrons. The smallest absolute Gasteiger partial charge is 0.241 e. The number of nitrogens with one attached hydrogen (secondary N) is 1. The monoisotopic (exact) mass is 352 g/mol. The lowest BCUT2D eigenvalue weighted by Crippen LogP contribution is -2.47. The largest absolute Gasteiger partial charge is 0.493 e. The van der Waals surface area contributed by atoms with Crippen molar-refractivity contribution < 1.29 is 9.53 Å². The molecule has 2 aliphatic rings. The van der Waals surface area contributed by atoms with Crippen LogP contribution in [0.1, 0.15) is 51.0 Å². The number of piperidine rings is 1. The van der Waals surface area contributed by atoms with Gasteiger partial charge in [0, 0.05) is 5.69 Å². The van der Waals surface area contributed by atoms with Crippen LogP contribution in [-0.4, -0.2) is 36.5 Å². The number of likely N-dealkylation sites (tertiary alicyclic amines) is 1. The summed E-state index contributed by atoms with van der Waals surface area (Å²) in [5.41, 5.74) is 2.11. The van der Waals surface area contributed by atoms with Gasteiger partial charge in [0.2, 0.25) is 5.91 Å². The summed E-state index contributed by atoms with van der Waals surface area (Å²) in [6.07, 6.45) is 7.77. The predicted octanol–water partition coefficient (Wildman–Crippen LogP) is 4.03. The fourth-order valence-corrected chi connectivity index (χ4v) is 3.58. The summed E-state index contributed by atoms with van der Waals surface area (Å²) in [5.74, 6) is 1.12. The van der Waals surface area contributed by atoms with Crippen LogP contribution < -0.4 is 10.1 Å². The van der Waals surface area contributed by atoms with Gasteiger partial charge < -0.3 is 10.1 Å². The number of unbranched alkanes of at least 4 members (excludes halogenated alkanes) is 1. The minimum Gasteiger partial charge on any atom is -0.493 e. The molecule has 1 aromatic rings. The molecule has 5 heteroatoms. The van der Waals surface area contributed by atoms with Gasteiger partial charge in [-0.25, -0.2) is 0 Å². The summed E-state index contributed by atoms with van der Waals surface area (Å²) < 4.78 is 5.64. The molecule has 1 N–H and O–H groups in total. The van der Waals surface area contributed by atoms with Crippen molar-refractivity contribution in [1.29, 1.82) is 0 Å². The third-order valence-corrected chi connectivity index (χ3v) is 4.89. The van der Waals surface area contributed by atoms with Gasteiger partial charge in [-0.3, -0.25) is 9.69 Å². The van der Waals surface area contributed by atoms with Gasteiger partial charge in [0.25, 0.3) is 0 Å². The summed E-state index contributed by atoms with van der Waals surface area (Å²) in [5, 5.41) is 3.13. The lowest BCUT2D eigenvalue weighted by molar-refractivity contribution is -0.122. The van der Waals surface area contributed by atoms with Crippen LogP contribution in [0, 0.1) is 0 Å². The molecule has 0 spiro atoms. The van der Waals surface area contributed by atoms with Crippen molar-refractivity contribution >= 4 is 24.0 Å². The van der Waals surface area contributed by atoms with Crippen molar-refractivity contribution in [3.8, 4) is 5.75 Å². The van der Waals surface area contributed by atoms with E-state index >= 15 is 0 Å². The zero-order valence-electron chi connectivity index (χ0n) is 14.6. The highest BCUT2D eigenvalue weighted by Crippen LogP contribution is 2.28. The summed E-state index contributed by atoms with van der Waals surface area (Å²) in [6, 6.07) is 6.05. The standard InChI is InChI=1S/C19H28N2O2.ClH/c1-2-3-11-21-12-5-4-8-17(21)19(22)20-16-9-10-18-15(14-16)7-6-13-23-18;/h9-10,14,17H,2-8,11-13H2,1H3,(H,20,22);1H. The highest BCUT2D eigenvalue weighted by molar-refractivity contribution is 5.95. The van der Waals surface area contributed by atoms with Crippen molar-refractivity contribution in [2.24, 2.45) is 0 Å². The Kier molecular flexibility index (Phi) is 7.38. The quantitative estimate of drug-likeness (QED) is 0.870. The number of carbonyl (C=O) groups is 1. The minimum atomic E-state index is 0. The number of rotatable bonds is 5. The Morgan fingerprint density at radius 3 is 3.04 bits per heavy atom. The van der Waals surface area contributed by atoms with E-state index in [0.29, 0.717) is 0 Å². The molecule has 4 nitrogen and oxygen atoms in total. The first-order valence-corrected chi connectivity index (χ1v) is 9.08. The van der Waals surface area contributed by atoms with Crippen LogP contribution in [0.4, 0.5) is 5.69 Å². The third kappa shape index (κ3) is 4.64. The first kappa shape index (κ1) is 19.1. The van der Waals surface area contributed by atoms with Gasteiger partial charge in [0.05, 0.1) is 12.6 Å². The van der Waals surface area contributed by atoms with Crippen LogP contribution in [0.5, 0.6) is 5.75 Å². The molecule has 0 aromatic heterocycles. The van der Waals surface area contributed by atoms with E-state index in [-0.39, 0.29) is 24.4 Å². The van der Waals surface area contributed by atoms with E-state index in [0.717, 1.165) is 56.8 Å². The number of benzene rings is 1. The molecular formula is C19H29ClN2O2. The molecule has 24 heavy (non-hydrogen) atoms. The third-order valence-electron chi connectivity index (χ3n) is 4.89. The average Bonchev–Trinajstić information content (AvgIpc) is 2.60. The molecule has 1 saturated heterocycles. The van der Waals surface area contributed by atoms with Crippen LogP contribution >= 0.6 is 12.4 Å². The first-order valence-electron chi connectivity index (χ1n) is 9.08. The number of hydrogen-bond donors (Lipinski definition) is 1. The van der Waals surface area contributed by atoms with Gasteiger partial charge in [-0.2, -0.15) is 0 Å². The zero-order valence-corrected chi connectivity index (χ0v) is 15.4. The average molecular weight is 353 g/mol. The number of fused-ring (bicyclic) bond motifs is 1. The fraction of sp³-hybridized carbons (Fsp3) is 0.632. The molecule has 1 aromatic carbocycles. The molecule has 0 bridgehead atoms. The normalized spacial score (nSPS) is 20.5. The molecule has 1 atom stereocenters. The molecule has 134 valence electrons. The Balaban J connectivity index is 0.00000208. The van der Waals surface area contributed by atoms with Crippen LogP contribution in [-0.2, 0) is 11.2 Å². The van der Waals surface area contributed by atoms with Gasteiger partial charge in [0.1, 0.15) is 5.75 Å². The number of ether oxygens (including phenoxy) is 1. The lowest BCUT2D eigenvalue weighted by Gasteiger charge is -2.34. The van der Waals surface area contributed by atoms with Crippen molar-refractivity contribution in [2.45, 2.75) is 57.9 Å². The van der Waals surface area contributed by atoms with Crippen LogP contribution in [0.3, 0.4) is 0 Å². The van der Waals surface area contributed by atoms with Gasteiger partial charge >= 0.3 is 0 Å². The second kappa shape index (κ2) is 9.28. The van der Waals surface area contributed by atoms with Gasteiger partial charge in [-0.15, -0.1) is 12.4 Å². The van der Waals surface area contributed by atoms with Gasteiger partial charge in [-0.1, -0.05) is 19.8 Å². The van der Waals surface area contributed by atoms with E-state index in [1.54, 1.807) is 0 Å². The molecule has 3 rings (SSSR count). The maximum atomic E-state index is 12.7. The number of carbonyl (C=O) groups excluding carboxylic acids is 1. The van der Waals surface area contributed by atoms with E-state index in [2.05, 4.69) is 23.2 Å². The molecular weight excluding hydrogens is 324 g/mol. The van der Waals surface area contributed by atoms with Gasteiger partial charge in [0.15, 0.2) is 0 Å². The number of nitrogens with zero attached hydrogens (tertiary/aromatic N) is 1. The molecule has 2 heterocycles. The molecule has 1 amide bonds. The van der Waals surface area contributed by atoms with E-state index in [9.17, 15) is 4.79 Å². The zero-order chi connectivity index (χ0) is 16.1. The molecule has 1 unspecified atom stereocenters. The second-order valence-corrected chi connectivity index (χ2v) is 6.66. The maximum absolute atomic E-state index is 12.7. The van der Waals surface area contributed by atoms with E-state index in [1.165, 1.54) is 24.8 Å². The second-order valence-electron chi connectivity index (χ2n) is 6.66. The van der Waals surface area contributed by atoms with Crippen molar-refractivity contribution in [3.05, 3.63) is 23.8 Å². The first-order chi connectivity index (χ1) is 11.3. The summed E-state index contributed by atoms with van der Waals surface area (Å²) in [6.45, 7) is 5.09. The lowest BCUT2D eigenvalue weighted by atomic mass is 10.0. The van der Waals surface area contributed by atoms with Crippen LogP contribution in [0.15, 0.2) is 18.2 Å². The van der Waals surface area contributed by atoms with Crippen molar-refractivity contribution in [3.63, 3.8) is 0 Å². The number of hydrogen-bond acceptors (Lipinski definition) is 3. The molecule has 1 fully saturated rings. The van der Waals surface area contributed by atoms with E-state index < -0.39 is 0 Å². The molecule has 2 aliphatic heterocycles. The van der Waals surface area contributed by atoms with Crippen LogP contribution in [0.25, 0.3) is 0 Å². The minimum absolute atomic E-state index is 0. The molecule has 0 saturated carbocycles. The predicted molar refractivity (Wildman–Crippen MR) is 100 cm³/mol. The number of halogens is 1. The molecule has 0 aliphatic carbocycles. The summed E-state index contributed by atoms with van der Waals surface area (Å²) in [4.78, 5) is 15.1. The summed E-state index contributed by atoms with van der Waals surface area (Å²) in [7, 11) is 0. The Morgan fingerprint density at radius 1 is 1.33 bits per heavy atom. The Labute approximate surface area is 151 Å². The summed E-state index contributed by atoms with van der Waals surface area (Å²) >= 11 is 0. The van der Waals surface area contributed by atoms with E-state index in [4.69, 9.17) is 4.74 Å². The fourth-order valence-electron chi connectivity index (χ4n) is 3.58. The SMILES string of the molecule is CCCCN1CCCCC1C(=O)Nc1ccc2c(c1)CCCO2.Cl. The van der Waals surface area contributed by atoms with Crippen molar-refractivity contribution in [2.75, 3.05) is 25.0 Å². The Morgan fingerprint density at radius 2 is 2.21 bits per heavy atom. The highest BCUT2D eigenvalue weighted by Gasteiger charge is 2.28. The van der Waals surface area contributed by atoms with E-state index in [1.807, 2.05) is 12.1 Å². The Bertz CT molecular complexity index is 550. The maximum Gasteiger partial charge on any atom is 0.241 e. The van der Waals surface area contributed by atoms with Gasteiger partial charge in [-0.05, 0) is 69.0 Å². The Hall–Kier alpha value is -1.26. The topological polar surface area (TPSA) is 41.6 Å². The van der Waals surface area contributed by atoms with Crippen LogP contribution in [0.2, 0.25) is 0 Å². The highest BCUT2D eigenvalue weighted by atomic mass is 35.5. The van der Waals surface area contributed by atoms with Crippen molar-refractivity contribution in [1.82, 2.24) is 4.90 Å². The number of anilines is 1. The number of amides is 1.